The highest BCUT2D eigenvalue weighted by molar-refractivity contribution is 5.95. The van der Waals surface area contributed by atoms with Crippen LogP contribution in [0.1, 0.15) is 33.1 Å². The zero-order valence-electron chi connectivity index (χ0n) is 17.9. The molecule has 0 fully saturated rings. The topological polar surface area (TPSA) is 57.7 Å². The lowest BCUT2D eigenvalue weighted by atomic mass is 10.0. The van der Waals surface area contributed by atoms with Gasteiger partial charge >= 0.3 is 0 Å². The number of H-pyrrole nitrogens is 1. The predicted octanol–water partition coefficient (Wildman–Crippen LogP) is 5.98. The molecule has 1 N–H and O–H groups in total. The predicted molar refractivity (Wildman–Crippen MR) is 120 cm³/mol. The SMILES string of the molecule is CCCC(CC)N(C)c1cncc(-c2n[nH]c3ccc(-c4c(F)cccc4F)cc23)n1. The Morgan fingerprint density at radius 2 is 1.84 bits per heavy atom. The molecule has 2 aromatic carbocycles. The second-order valence-electron chi connectivity index (χ2n) is 7.65. The Morgan fingerprint density at radius 3 is 2.55 bits per heavy atom. The van der Waals surface area contributed by atoms with Crippen molar-refractivity contribution < 1.29 is 8.78 Å². The van der Waals surface area contributed by atoms with Gasteiger partial charge in [0.2, 0.25) is 0 Å². The molecule has 4 rings (SSSR count). The maximum atomic E-state index is 14.3. The van der Waals surface area contributed by atoms with Crippen LogP contribution >= 0.6 is 0 Å². The lowest BCUT2D eigenvalue weighted by Crippen LogP contribution is -2.31. The largest absolute Gasteiger partial charge is 0.355 e. The summed E-state index contributed by atoms with van der Waals surface area (Å²) < 4.78 is 28.6. The Kier molecular flexibility index (Phi) is 5.93. The number of hydrogen-bond donors (Lipinski definition) is 1. The van der Waals surface area contributed by atoms with E-state index in [4.69, 9.17) is 4.98 Å². The molecule has 0 spiro atoms. The molecular formula is C24H25F2N5. The molecule has 0 aliphatic heterocycles. The van der Waals surface area contributed by atoms with Gasteiger partial charge in [-0.2, -0.15) is 5.10 Å². The Balaban J connectivity index is 1.77. The zero-order chi connectivity index (χ0) is 22.0. The van der Waals surface area contributed by atoms with Crippen LogP contribution in [0.4, 0.5) is 14.6 Å². The third-order valence-electron chi connectivity index (χ3n) is 5.68. The number of fused-ring (bicyclic) bond motifs is 1. The fraction of sp³-hybridized carbons (Fsp3) is 0.292. The summed E-state index contributed by atoms with van der Waals surface area (Å²) in [4.78, 5) is 11.3. The van der Waals surface area contributed by atoms with Gasteiger partial charge in [0.05, 0.1) is 23.5 Å². The second-order valence-corrected chi connectivity index (χ2v) is 7.65. The second kappa shape index (κ2) is 8.79. The first-order valence-corrected chi connectivity index (χ1v) is 10.5. The van der Waals surface area contributed by atoms with Gasteiger partial charge in [-0.05, 0) is 42.7 Å². The molecule has 0 amide bonds. The Morgan fingerprint density at radius 1 is 1.06 bits per heavy atom. The van der Waals surface area contributed by atoms with E-state index in [1.807, 2.05) is 7.05 Å². The van der Waals surface area contributed by atoms with E-state index in [1.165, 1.54) is 18.2 Å². The van der Waals surface area contributed by atoms with Crippen molar-refractivity contribution in [1.29, 1.82) is 0 Å². The summed E-state index contributed by atoms with van der Waals surface area (Å²) in [7, 11) is 2.03. The van der Waals surface area contributed by atoms with Crippen LogP contribution in [-0.4, -0.2) is 33.3 Å². The minimum absolute atomic E-state index is 0.0542. The summed E-state index contributed by atoms with van der Waals surface area (Å²) >= 11 is 0. The highest BCUT2D eigenvalue weighted by Gasteiger charge is 2.18. The molecule has 0 aliphatic carbocycles. The summed E-state index contributed by atoms with van der Waals surface area (Å²) in [6.45, 7) is 4.34. The van der Waals surface area contributed by atoms with E-state index in [1.54, 1.807) is 30.6 Å². The lowest BCUT2D eigenvalue weighted by Gasteiger charge is -2.28. The number of aromatic nitrogens is 4. The first kappa shape index (κ1) is 20.9. The molecule has 1 atom stereocenters. The van der Waals surface area contributed by atoms with Crippen molar-refractivity contribution in [2.24, 2.45) is 0 Å². The molecule has 0 aliphatic rings. The van der Waals surface area contributed by atoms with Crippen molar-refractivity contribution in [3.8, 4) is 22.5 Å². The van der Waals surface area contributed by atoms with Crippen molar-refractivity contribution in [2.45, 2.75) is 39.2 Å². The summed E-state index contributed by atoms with van der Waals surface area (Å²) in [5.41, 5.74) is 2.35. The van der Waals surface area contributed by atoms with Crippen LogP contribution in [0, 0.1) is 11.6 Å². The Bertz CT molecular complexity index is 1180. The number of rotatable bonds is 7. The van der Waals surface area contributed by atoms with Crippen molar-refractivity contribution in [2.75, 3.05) is 11.9 Å². The third-order valence-corrected chi connectivity index (χ3v) is 5.68. The van der Waals surface area contributed by atoms with E-state index in [0.29, 0.717) is 23.0 Å². The molecule has 160 valence electrons. The van der Waals surface area contributed by atoms with Crippen molar-refractivity contribution in [3.63, 3.8) is 0 Å². The molecule has 2 heterocycles. The van der Waals surface area contributed by atoms with Gasteiger partial charge < -0.3 is 4.90 Å². The van der Waals surface area contributed by atoms with E-state index in [-0.39, 0.29) is 5.56 Å². The molecule has 0 saturated heterocycles. The maximum absolute atomic E-state index is 14.3. The van der Waals surface area contributed by atoms with Crippen molar-refractivity contribution in [1.82, 2.24) is 20.2 Å². The smallest absolute Gasteiger partial charge is 0.147 e. The first-order chi connectivity index (χ1) is 15.0. The average Bonchev–Trinajstić information content (AvgIpc) is 3.20. The summed E-state index contributed by atoms with van der Waals surface area (Å²) in [6, 6.07) is 9.42. The molecule has 4 aromatic rings. The van der Waals surface area contributed by atoms with Crippen molar-refractivity contribution >= 4 is 16.7 Å². The average molecular weight is 421 g/mol. The number of aromatic amines is 1. The molecule has 0 bridgehead atoms. The van der Waals surface area contributed by atoms with Crippen LogP contribution < -0.4 is 4.90 Å². The van der Waals surface area contributed by atoms with Crippen LogP contribution in [0.5, 0.6) is 0 Å². The van der Waals surface area contributed by atoms with E-state index in [0.717, 1.165) is 36.0 Å². The Labute approximate surface area is 180 Å². The number of benzene rings is 2. The fourth-order valence-electron chi connectivity index (χ4n) is 3.97. The Hall–Kier alpha value is -3.35. The minimum atomic E-state index is -0.602. The molecule has 1 unspecified atom stereocenters. The molecular weight excluding hydrogens is 396 g/mol. The van der Waals surface area contributed by atoms with Crippen LogP contribution in [0.2, 0.25) is 0 Å². The summed E-state index contributed by atoms with van der Waals surface area (Å²) in [5, 5.41) is 8.12. The van der Waals surface area contributed by atoms with Crippen LogP contribution in [0.25, 0.3) is 33.4 Å². The molecule has 2 aromatic heterocycles. The quantitative estimate of drug-likeness (QED) is 0.399. The van der Waals surface area contributed by atoms with Gasteiger partial charge in [0.15, 0.2) is 0 Å². The highest BCUT2D eigenvalue weighted by Crippen LogP contribution is 2.32. The van der Waals surface area contributed by atoms with Gasteiger partial charge in [-0.25, -0.2) is 13.8 Å². The standard InChI is InChI=1S/C24H25F2N5/c1-4-7-16(5-2)31(3)22-14-27-13-21(28-22)24-17-12-15(10-11-20(17)29-30-24)23-18(25)8-6-9-19(23)26/h6,8-14,16H,4-5,7H2,1-3H3,(H,29,30). The molecule has 7 heteroatoms. The number of nitrogens with zero attached hydrogens (tertiary/aromatic N) is 4. The van der Waals surface area contributed by atoms with E-state index in [9.17, 15) is 8.78 Å². The molecule has 31 heavy (non-hydrogen) atoms. The summed E-state index contributed by atoms with van der Waals surface area (Å²) in [5.74, 6) is -0.436. The van der Waals surface area contributed by atoms with Crippen molar-refractivity contribution in [3.05, 3.63) is 60.4 Å². The first-order valence-electron chi connectivity index (χ1n) is 10.5. The molecule has 0 saturated carbocycles. The maximum Gasteiger partial charge on any atom is 0.147 e. The van der Waals surface area contributed by atoms with Crippen LogP contribution in [-0.2, 0) is 0 Å². The number of halogens is 2. The summed E-state index contributed by atoms with van der Waals surface area (Å²) in [6.07, 6.45) is 6.58. The van der Waals surface area contributed by atoms with Gasteiger partial charge in [0.25, 0.3) is 0 Å². The fourth-order valence-corrected chi connectivity index (χ4v) is 3.97. The number of hydrogen-bond acceptors (Lipinski definition) is 4. The van der Waals surface area contributed by atoms with Gasteiger partial charge in [0.1, 0.15) is 28.8 Å². The van der Waals surface area contributed by atoms with Gasteiger partial charge in [-0.3, -0.25) is 10.1 Å². The number of anilines is 1. The lowest BCUT2D eigenvalue weighted by molar-refractivity contribution is 0.552. The van der Waals surface area contributed by atoms with E-state index >= 15 is 0 Å². The van der Waals surface area contributed by atoms with Gasteiger partial charge in [-0.15, -0.1) is 0 Å². The van der Waals surface area contributed by atoms with E-state index < -0.39 is 11.6 Å². The molecule has 0 radical (unpaired) electrons. The highest BCUT2D eigenvalue weighted by atomic mass is 19.1. The molecule has 5 nitrogen and oxygen atoms in total. The zero-order valence-corrected chi connectivity index (χ0v) is 17.9. The van der Waals surface area contributed by atoms with Crippen LogP contribution in [0.3, 0.4) is 0 Å². The third kappa shape index (κ3) is 4.00. The number of nitrogens with one attached hydrogen (secondary N) is 1. The minimum Gasteiger partial charge on any atom is -0.355 e. The van der Waals surface area contributed by atoms with Crippen LogP contribution in [0.15, 0.2) is 48.8 Å². The monoisotopic (exact) mass is 421 g/mol. The van der Waals surface area contributed by atoms with Gasteiger partial charge in [-0.1, -0.05) is 32.4 Å². The van der Waals surface area contributed by atoms with E-state index in [2.05, 4.69) is 33.9 Å². The normalized spacial score (nSPS) is 12.3. The van der Waals surface area contributed by atoms with Gasteiger partial charge in [0, 0.05) is 18.5 Å².